The second-order valence-electron chi connectivity index (χ2n) is 4.93. The fourth-order valence-corrected chi connectivity index (χ4v) is 2.45. The van der Waals surface area contributed by atoms with Crippen LogP contribution in [0.1, 0.15) is 37.3 Å². The largest absolute Gasteiger partial charge is 0.497 e. The number of hydrogen-bond donors (Lipinski definition) is 1. The van der Waals surface area contributed by atoms with E-state index in [-0.39, 0.29) is 6.04 Å². The van der Waals surface area contributed by atoms with Gasteiger partial charge in [0.25, 0.3) is 0 Å². The van der Waals surface area contributed by atoms with Gasteiger partial charge in [0.2, 0.25) is 0 Å². The standard InChI is InChI=1S/C15H19ClN2O3/c1-9(2)18-14(12(16)8-17-18)15(19)11-7-10(20-3)5-6-13(11)21-4/h5-9,15,19H,1-4H3. The molecule has 0 fully saturated rings. The van der Waals surface area contributed by atoms with E-state index in [0.717, 1.165) is 0 Å². The average molecular weight is 311 g/mol. The van der Waals surface area contributed by atoms with Crippen molar-refractivity contribution >= 4 is 11.6 Å². The minimum absolute atomic E-state index is 0.0822. The zero-order chi connectivity index (χ0) is 15.6. The van der Waals surface area contributed by atoms with Crippen LogP contribution in [0.4, 0.5) is 0 Å². The fraction of sp³-hybridized carbons (Fsp3) is 0.400. The number of ether oxygens (including phenoxy) is 2. The molecule has 5 nitrogen and oxygen atoms in total. The first-order valence-corrected chi connectivity index (χ1v) is 7.00. The highest BCUT2D eigenvalue weighted by Crippen LogP contribution is 2.36. The van der Waals surface area contributed by atoms with Crippen molar-refractivity contribution in [3.05, 3.63) is 40.7 Å². The maximum Gasteiger partial charge on any atom is 0.126 e. The molecule has 2 rings (SSSR count). The number of aliphatic hydroxyl groups excluding tert-OH is 1. The Morgan fingerprint density at radius 1 is 1.24 bits per heavy atom. The van der Waals surface area contributed by atoms with E-state index in [2.05, 4.69) is 5.10 Å². The van der Waals surface area contributed by atoms with Crippen LogP contribution in [0.15, 0.2) is 24.4 Å². The number of hydrogen-bond acceptors (Lipinski definition) is 4. The van der Waals surface area contributed by atoms with Gasteiger partial charge < -0.3 is 14.6 Å². The summed E-state index contributed by atoms with van der Waals surface area (Å²) in [5.41, 5.74) is 1.12. The van der Waals surface area contributed by atoms with E-state index in [1.165, 1.54) is 6.20 Å². The number of rotatable bonds is 5. The van der Waals surface area contributed by atoms with Crippen LogP contribution in [0.2, 0.25) is 5.02 Å². The lowest BCUT2D eigenvalue weighted by molar-refractivity contribution is 0.199. The minimum Gasteiger partial charge on any atom is -0.497 e. The van der Waals surface area contributed by atoms with E-state index in [1.54, 1.807) is 37.1 Å². The third kappa shape index (κ3) is 2.99. The highest BCUT2D eigenvalue weighted by molar-refractivity contribution is 6.31. The highest BCUT2D eigenvalue weighted by atomic mass is 35.5. The Morgan fingerprint density at radius 3 is 2.52 bits per heavy atom. The molecule has 114 valence electrons. The van der Waals surface area contributed by atoms with Crippen LogP contribution in [-0.4, -0.2) is 29.1 Å². The number of nitrogens with zero attached hydrogens (tertiary/aromatic N) is 2. The van der Waals surface area contributed by atoms with Crippen LogP contribution < -0.4 is 9.47 Å². The zero-order valence-electron chi connectivity index (χ0n) is 12.5. The van der Waals surface area contributed by atoms with Gasteiger partial charge in [-0.1, -0.05) is 11.6 Å². The topological polar surface area (TPSA) is 56.5 Å². The van der Waals surface area contributed by atoms with Crippen molar-refractivity contribution in [3.8, 4) is 11.5 Å². The molecule has 0 amide bonds. The van der Waals surface area contributed by atoms with Gasteiger partial charge in [-0.2, -0.15) is 5.10 Å². The van der Waals surface area contributed by atoms with Crippen LogP contribution in [0, 0.1) is 0 Å². The molecule has 0 aliphatic carbocycles. The van der Waals surface area contributed by atoms with E-state index in [9.17, 15) is 5.11 Å². The van der Waals surface area contributed by atoms with Gasteiger partial charge >= 0.3 is 0 Å². The summed E-state index contributed by atoms with van der Waals surface area (Å²) in [5, 5.41) is 15.4. The molecule has 1 atom stereocenters. The second kappa shape index (κ2) is 6.37. The van der Waals surface area contributed by atoms with Crippen molar-refractivity contribution in [1.82, 2.24) is 9.78 Å². The lowest BCUT2D eigenvalue weighted by atomic mass is 10.0. The minimum atomic E-state index is -0.951. The quantitative estimate of drug-likeness (QED) is 0.921. The maximum atomic E-state index is 10.7. The molecule has 0 radical (unpaired) electrons. The molecule has 0 aliphatic rings. The van der Waals surface area contributed by atoms with E-state index in [1.807, 2.05) is 13.8 Å². The summed E-state index contributed by atoms with van der Waals surface area (Å²) in [4.78, 5) is 0. The Morgan fingerprint density at radius 2 is 1.95 bits per heavy atom. The third-order valence-electron chi connectivity index (χ3n) is 3.27. The molecule has 0 bridgehead atoms. The Balaban J connectivity index is 2.54. The summed E-state index contributed by atoms with van der Waals surface area (Å²) in [7, 11) is 3.13. The smallest absolute Gasteiger partial charge is 0.126 e. The number of halogens is 1. The van der Waals surface area contributed by atoms with Crippen LogP contribution in [-0.2, 0) is 0 Å². The third-order valence-corrected chi connectivity index (χ3v) is 3.56. The summed E-state index contributed by atoms with van der Waals surface area (Å²) >= 11 is 6.19. The summed E-state index contributed by atoms with van der Waals surface area (Å²) in [6, 6.07) is 5.34. The molecule has 1 N–H and O–H groups in total. The average Bonchev–Trinajstić information content (AvgIpc) is 2.87. The van der Waals surface area contributed by atoms with Crippen LogP contribution in [0.25, 0.3) is 0 Å². The van der Waals surface area contributed by atoms with Crippen LogP contribution in [0.5, 0.6) is 11.5 Å². The van der Waals surface area contributed by atoms with Gasteiger partial charge in [-0.25, -0.2) is 0 Å². The normalized spacial score (nSPS) is 12.5. The van der Waals surface area contributed by atoms with E-state index < -0.39 is 6.10 Å². The lowest BCUT2D eigenvalue weighted by Crippen LogP contribution is -2.13. The molecular weight excluding hydrogens is 292 g/mol. The first kappa shape index (κ1) is 15.7. The van der Waals surface area contributed by atoms with Crippen molar-refractivity contribution in [1.29, 1.82) is 0 Å². The van der Waals surface area contributed by atoms with Crippen molar-refractivity contribution in [3.63, 3.8) is 0 Å². The molecule has 1 aromatic heterocycles. The van der Waals surface area contributed by atoms with Crippen molar-refractivity contribution in [2.45, 2.75) is 26.0 Å². The van der Waals surface area contributed by atoms with Crippen LogP contribution in [0.3, 0.4) is 0 Å². The Hall–Kier alpha value is -1.72. The first-order chi connectivity index (χ1) is 9.99. The van der Waals surface area contributed by atoms with Gasteiger partial charge in [0.05, 0.1) is 31.1 Å². The predicted octanol–water partition coefficient (Wildman–Crippen LogP) is 3.22. The van der Waals surface area contributed by atoms with Gasteiger partial charge in [0.15, 0.2) is 0 Å². The molecule has 6 heteroatoms. The first-order valence-electron chi connectivity index (χ1n) is 6.62. The van der Waals surface area contributed by atoms with E-state index in [0.29, 0.717) is 27.8 Å². The molecule has 1 aromatic carbocycles. The van der Waals surface area contributed by atoms with Gasteiger partial charge in [-0.05, 0) is 32.0 Å². The highest BCUT2D eigenvalue weighted by Gasteiger charge is 2.24. The summed E-state index contributed by atoms with van der Waals surface area (Å²) in [6.45, 7) is 3.95. The monoisotopic (exact) mass is 310 g/mol. The molecule has 1 heterocycles. The lowest BCUT2D eigenvalue weighted by Gasteiger charge is -2.19. The number of aromatic nitrogens is 2. The van der Waals surface area contributed by atoms with Crippen molar-refractivity contribution in [2.75, 3.05) is 14.2 Å². The number of methoxy groups -OCH3 is 2. The zero-order valence-corrected chi connectivity index (χ0v) is 13.3. The van der Waals surface area contributed by atoms with Gasteiger partial charge in [0.1, 0.15) is 17.6 Å². The summed E-state index contributed by atoms with van der Waals surface area (Å²) in [5.74, 6) is 1.20. The number of aliphatic hydroxyl groups is 1. The predicted molar refractivity (Wildman–Crippen MR) is 81.2 cm³/mol. The molecule has 0 saturated carbocycles. The molecule has 1 unspecified atom stereocenters. The molecule has 2 aromatic rings. The van der Waals surface area contributed by atoms with Crippen LogP contribution >= 0.6 is 11.6 Å². The van der Waals surface area contributed by atoms with E-state index in [4.69, 9.17) is 21.1 Å². The molecule has 0 aliphatic heterocycles. The Bertz CT molecular complexity index is 625. The molecule has 0 spiro atoms. The van der Waals surface area contributed by atoms with Crippen molar-refractivity contribution in [2.24, 2.45) is 0 Å². The molecular formula is C15H19ClN2O3. The summed E-state index contributed by atoms with van der Waals surface area (Å²) < 4.78 is 12.2. The number of benzene rings is 1. The van der Waals surface area contributed by atoms with Gasteiger partial charge in [-0.3, -0.25) is 4.68 Å². The van der Waals surface area contributed by atoms with Gasteiger partial charge in [0, 0.05) is 11.6 Å². The fourth-order valence-electron chi connectivity index (χ4n) is 2.22. The van der Waals surface area contributed by atoms with Gasteiger partial charge in [-0.15, -0.1) is 0 Å². The van der Waals surface area contributed by atoms with Crippen molar-refractivity contribution < 1.29 is 14.6 Å². The SMILES string of the molecule is COc1ccc(OC)c(C(O)c2c(Cl)cnn2C(C)C)c1. The maximum absolute atomic E-state index is 10.7. The molecule has 21 heavy (non-hydrogen) atoms. The summed E-state index contributed by atoms with van der Waals surface area (Å²) in [6.07, 6.45) is 0.583. The Kier molecular flexibility index (Phi) is 4.75. The molecule has 0 saturated heterocycles. The second-order valence-corrected chi connectivity index (χ2v) is 5.33. The van der Waals surface area contributed by atoms with E-state index >= 15 is 0 Å². The Labute approximate surface area is 129 Å².